The van der Waals surface area contributed by atoms with Crippen molar-refractivity contribution in [1.29, 1.82) is 0 Å². The molecule has 0 fully saturated rings. The van der Waals surface area contributed by atoms with Gasteiger partial charge >= 0.3 is 0 Å². The van der Waals surface area contributed by atoms with Crippen LogP contribution in [0.15, 0.2) is 21.8 Å². The van der Waals surface area contributed by atoms with Gasteiger partial charge in [-0.25, -0.2) is 9.37 Å². The lowest BCUT2D eigenvalue weighted by molar-refractivity contribution is 0.249. The van der Waals surface area contributed by atoms with E-state index in [4.69, 9.17) is 16.0 Å². The zero-order chi connectivity index (χ0) is 11.0. The maximum absolute atomic E-state index is 13.0. The Morgan fingerprint density at radius 3 is 2.80 bits per heavy atom. The molecule has 0 atom stereocenters. The van der Waals surface area contributed by atoms with Gasteiger partial charge in [0.2, 0.25) is 0 Å². The number of aromatic nitrogens is 1. The molecule has 0 N–H and O–H groups in total. The fourth-order valence-electron chi connectivity index (χ4n) is 1.03. The first-order chi connectivity index (χ1) is 7.06. The molecule has 0 aliphatic rings. The highest BCUT2D eigenvalue weighted by Crippen LogP contribution is 2.30. The zero-order valence-electron chi connectivity index (χ0n) is 7.01. The Morgan fingerprint density at radius 2 is 2.13 bits per heavy atom. The van der Waals surface area contributed by atoms with Crippen molar-refractivity contribution in [3.8, 4) is 0 Å². The highest BCUT2D eigenvalue weighted by molar-refractivity contribution is 7.99. The van der Waals surface area contributed by atoms with Crippen molar-refractivity contribution in [3.63, 3.8) is 0 Å². The Kier molecular flexibility index (Phi) is 2.79. The van der Waals surface area contributed by atoms with Gasteiger partial charge in [-0.05, 0) is 0 Å². The van der Waals surface area contributed by atoms with Crippen LogP contribution in [0.2, 0.25) is 5.02 Å². The van der Waals surface area contributed by atoms with E-state index in [1.807, 2.05) is 0 Å². The molecule has 0 amide bonds. The van der Waals surface area contributed by atoms with Crippen molar-refractivity contribution in [3.05, 3.63) is 23.0 Å². The van der Waals surface area contributed by atoms with Crippen LogP contribution in [0.3, 0.4) is 0 Å². The van der Waals surface area contributed by atoms with Gasteiger partial charge < -0.3 is 4.42 Å². The predicted molar refractivity (Wildman–Crippen MR) is 50.8 cm³/mol. The molecule has 0 saturated heterocycles. The minimum atomic E-state index is -2.63. The number of oxazole rings is 1. The van der Waals surface area contributed by atoms with Crippen LogP contribution >= 0.6 is 23.4 Å². The van der Waals surface area contributed by atoms with Crippen LogP contribution in [0.4, 0.5) is 13.2 Å². The second kappa shape index (κ2) is 3.94. The summed E-state index contributed by atoms with van der Waals surface area (Å²) in [5.41, 5.74) is 0.351. The molecule has 1 heterocycles. The maximum atomic E-state index is 13.0. The van der Waals surface area contributed by atoms with E-state index in [1.54, 1.807) is 0 Å². The number of fused-ring (bicyclic) bond motifs is 1. The first-order valence-corrected chi connectivity index (χ1v) is 5.02. The number of hydrogen-bond acceptors (Lipinski definition) is 3. The van der Waals surface area contributed by atoms with Crippen molar-refractivity contribution in [2.24, 2.45) is 0 Å². The van der Waals surface area contributed by atoms with Crippen molar-refractivity contribution >= 4 is 34.5 Å². The van der Waals surface area contributed by atoms with Gasteiger partial charge in [-0.1, -0.05) is 11.6 Å². The van der Waals surface area contributed by atoms with Crippen LogP contribution in [0, 0.1) is 5.82 Å². The molecule has 0 radical (unpaired) electrons. The Balaban J connectivity index is 2.47. The van der Waals surface area contributed by atoms with E-state index in [0.717, 1.165) is 6.07 Å². The molecule has 2 nitrogen and oxygen atoms in total. The van der Waals surface area contributed by atoms with E-state index < -0.39 is 11.6 Å². The van der Waals surface area contributed by atoms with Gasteiger partial charge in [0.25, 0.3) is 11.0 Å². The molecule has 0 bridgehead atoms. The smallest absolute Gasteiger partial charge is 0.293 e. The summed E-state index contributed by atoms with van der Waals surface area (Å²) in [6.45, 7) is 0. The molecule has 80 valence electrons. The van der Waals surface area contributed by atoms with Gasteiger partial charge in [0, 0.05) is 23.9 Å². The van der Waals surface area contributed by atoms with Crippen LogP contribution in [0.1, 0.15) is 0 Å². The molecule has 0 saturated carbocycles. The van der Waals surface area contributed by atoms with E-state index in [9.17, 15) is 13.2 Å². The molecular formula is C8H3ClF3NOS. The molecule has 0 aliphatic carbocycles. The highest BCUT2D eigenvalue weighted by atomic mass is 35.5. The average Bonchev–Trinajstić information content (AvgIpc) is 2.46. The van der Waals surface area contributed by atoms with Crippen LogP contribution in [-0.2, 0) is 0 Å². The van der Waals surface area contributed by atoms with Crippen molar-refractivity contribution in [1.82, 2.24) is 4.98 Å². The monoisotopic (exact) mass is 253 g/mol. The quantitative estimate of drug-likeness (QED) is 0.759. The Bertz CT molecular complexity index is 463. The topological polar surface area (TPSA) is 26.0 Å². The first kappa shape index (κ1) is 10.6. The molecule has 2 rings (SSSR count). The lowest BCUT2D eigenvalue weighted by Gasteiger charge is -1.90. The summed E-state index contributed by atoms with van der Waals surface area (Å²) in [4.78, 5) is 3.67. The Morgan fingerprint density at radius 1 is 1.40 bits per heavy atom. The number of benzene rings is 1. The number of alkyl halides is 2. The molecule has 15 heavy (non-hydrogen) atoms. The van der Waals surface area contributed by atoms with E-state index in [-0.39, 0.29) is 33.1 Å². The molecule has 0 aliphatic heterocycles. The molecule has 7 heteroatoms. The van der Waals surface area contributed by atoms with E-state index in [0.29, 0.717) is 0 Å². The van der Waals surface area contributed by atoms with Crippen LogP contribution in [0.25, 0.3) is 11.1 Å². The summed E-state index contributed by atoms with van der Waals surface area (Å²) < 4.78 is 41.8. The number of rotatable bonds is 2. The van der Waals surface area contributed by atoms with E-state index >= 15 is 0 Å². The molecule has 0 unspecified atom stereocenters. The second-order valence-electron chi connectivity index (χ2n) is 2.59. The Hall–Kier alpha value is -0.880. The van der Waals surface area contributed by atoms with Crippen LogP contribution in [0.5, 0.6) is 0 Å². The number of hydrogen-bond donors (Lipinski definition) is 0. The minimum Gasteiger partial charge on any atom is -0.431 e. The summed E-state index contributed by atoms with van der Waals surface area (Å²) in [6.07, 6.45) is 0. The fraction of sp³-hybridized carbons (Fsp3) is 0.125. The van der Waals surface area contributed by atoms with Gasteiger partial charge in [-0.15, -0.1) is 0 Å². The third kappa shape index (κ3) is 2.21. The van der Waals surface area contributed by atoms with Crippen molar-refractivity contribution in [2.75, 3.05) is 0 Å². The lowest BCUT2D eigenvalue weighted by Crippen LogP contribution is -1.80. The third-order valence-corrected chi connectivity index (χ3v) is 2.44. The van der Waals surface area contributed by atoms with Crippen molar-refractivity contribution < 1.29 is 17.6 Å². The predicted octanol–water partition coefficient (Wildman–Crippen LogP) is 3.94. The second-order valence-corrected chi connectivity index (χ2v) is 3.94. The molecular weight excluding hydrogens is 251 g/mol. The first-order valence-electron chi connectivity index (χ1n) is 3.76. The summed E-state index contributed by atoms with van der Waals surface area (Å²) >= 11 is 5.64. The van der Waals surface area contributed by atoms with Gasteiger partial charge in [-0.3, -0.25) is 0 Å². The standard InChI is InChI=1S/C8H3ClF3NOS/c9-3-1-6-5(2-4(3)10)13-8(14-6)15-7(11)12/h1-2,7H. The lowest BCUT2D eigenvalue weighted by atomic mass is 10.3. The Labute approximate surface area is 91.4 Å². The van der Waals surface area contributed by atoms with E-state index in [1.165, 1.54) is 6.07 Å². The normalized spacial score (nSPS) is 11.5. The van der Waals surface area contributed by atoms with Crippen molar-refractivity contribution in [2.45, 2.75) is 11.0 Å². The van der Waals surface area contributed by atoms with Gasteiger partial charge in [0.05, 0.1) is 5.02 Å². The SMILES string of the molecule is Fc1cc2nc(SC(F)F)oc2cc1Cl. The average molecular weight is 254 g/mol. The highest BCUT2D eigenvalue weighted by Gasteiger charge is 2.14. The van der Waals surface area contributed by atoms with Gasteiger partial charge in [0.1, 0.15) is 11.3 Å². The number of halogens is 4. The summed E-state index contributed by atoms with van der Waals surface area (Å²) in [5.74, 6) is -3.29. The molecule has 1 aromatic heterocycles. The summed E-state index contributed by atoms with van der Waals surface area (Å²) in [6, 6.07) is 2.24. The van der Waals surface area contributed by atoms with Gasteiger partial charge in [-0.2, -0.15) is 8.78 Å². The molecule has 2 aromatic rings. The zero-order valence-corrected chi connectivity index (χ0v) is 8.58. The minimum absolute atomic E-state index is 0.132. The fourth-order valence-corrected chi connectivity index (χ4v) is 1.62. The van der Waals surface area contributed by atoms with E-state index in [2.05, 4.69) is 4.98 Å². The molecule has 1 aromatic carbocycles. The number of thioether (sulfide) groups is 1. The molecule has 0 spiro atoms. The van der Waals surface area contributed by atoms with Gasteiger partial charge in [0.15, 0.2) is 5.58 Å². The van der Waals surface area contributed by atoms with Crippen LogP contribution < -0.4 is 0 Å². The maximum Gasteiger partial charge on any atom is 0.293 e. The summed E-state index contributed by atoms with van der Waals surface area (Å²) in [5, 5.41) is -0.339. The summed E-state index contributed by atoms with van der Waals surface area (Å²) in [7, 11) is 0. The number of nitrogens with zero attached hydrogens (tertiary/aromatic N) is 1. The van der Waals surface area contributed by atoms with Crippen LogP contribution in [-0.4, -0.2) is 10.7 Å². The third-order valence-electron chi connectivity index (χ3n) is 1.60. The largest absolute Gasteiger partial charge is 0.431 e.